The van der Waals surface area contributed by atoms with Gasteiger partial charge in [0.1, 0.15) is 11.4 Å². The van der Waals surface area contributed by atoms with Crippen molar-refractivity contribution in [1.29, 1.82) is 0 Å². The van der Waals surface area contributed by atoms with E-state index in [2.05, 4.69) is 4.98 Å². The van der Waals surface area contributed by atoms with E-state index in [1.807, 2.05) is 0 Å². The third-order valence-electron chi connectivity index (χ3n) is 3.12. The fourth-order valence-corrected chi connectivity index (χ4v) is 2.20. The fourth-order valence-electron chi connectivity index (χ4n) is 2.20. The van der Waals surface area contributed by atoms with Crippen LogP contribution in [-0.2, 0) is 6.42 Å². The molecule has 2 aromatic rings. The molecule has 0 fully saturated rings. The molecular weight excluding hydrogens is 260 g/mol. The number of non-ortho nitro benzene ring substituents is 1. The summed E-state index contributed by atoms with van der Waals surface area (Å²) in [6.07, 6.45) is 2.07. The van der Waals surface area contributed by atoms with Gasteiger partial charge in [0.15, 0.2) is 0 Å². The van der Waals surface area contributed by atoms with E-state index >= 15 is 0 Å². The predicted octanol–water partition coefficient (Wildman–Crippen LogP) is 2.16. The smallest absolute Gasteiger partial charge is 0.270 e. The van der Waals surface area contributed by atoms with E-state index in [1.165, 1.54) is 18.3 Å². The zero-order valence-electron chi connectivity index (χ0n) is 10.4. The van der Waals surface area contributed by atoms with Gasteiger partial charge < -0.3 is 4.74 Å². The molecule has 0 spiro atoms. The summed E-state index contributed by atoms with van der Waals surface area (Å²) in [5, 5.41) is 10.9. The highest BCUT2D eigenvalue weighted by Crippen LogP contribution is 2.34. The Morgan fingerprint density at radius 1 is 1.35 bits per heavy atom. The van der Waals surface area contributed by atoms with Gasteiger partial charge in [-0.1, -0.05) is 6.07 Å². The summed E-state index contributed by atoms with van der Waals surface area (Å²) < 4.78 is 5.44. The summed E-state index contributed by atoms with van der Waals surface area (Å²) in [6, 6.07) is 7.67. The van der Waals surface area contributed by atoms with Crippen LogP contribution in [0, 0.1) is 10.1 Å². The van der Waals surface area contributed by atoms with E-state index < -0.39 is 4.92 Å². The summed E-state index contributed by atoms with van der Waals surface area (Å²) in [5.74, 6) is 0.0682. The molecule has 0 bridgehead atoms. The molecule has 1 aromatic carbocycles. The van der Waals surface area contributed by atoms with Crippen molar-refractivity contribution in [2.24, 2.45) is 0 Å². The van der Waals surface area contributed by atoms with Gasteiger partial charge >= 0.3 is 0 Å². The van der Waals surface area contributed by atoms with Gasteiger partial charge in [-0.05, 0) is 12.1 Å². The van der Waals surface area contributed by atoms with E-state index in [-0.39, 0.29) is 22.7 Å². The van der Waals surface area contributed by atoms with Crippen LogP contribution in [0.4, 0.5) is 5.69 Å². The van der Waals surface area contributed by atoms with E-state index in [0.717, 1.165) is 0 Å². The summed E-state index contributed by atoms with van der Waals surface area (Å²) in [5.41, 5.74) is 1.03. The second-order valence-corrected chi connectivity index (χ2v) is 4.38. The Bertz CT molecular complexity index is 698. The lowest BCUT2D eigenvalue weighted by Gasteiger charge is -2.07. The molecule has 6 nitrogen and oxygen atoms in total. The van der Waals surface area contributed by atoms with Crippen LogP contribution in [0.1, 0.15) is 21.6 Å². The third kappa shape index (κ3) is 2.01. The van der Waals surface area contributed by atoms with Crippen molar-refractivity contribution in [3.8, 4) is 5.75 Å². The largest absolute Gasteiger partial charge is 0.492 e. The Balaban J connectivity index is 2.13. The van der Waals surface area contributed by atoms with Crippen LogP contribution in [0.5, 0.6) is 5.75 Å². The predicted molar refractivity (Wildman–Crippen MR) is 70.0 cm³/mol. The van der Waals surface area contributed by atoms with Crippen LogP contribution < -0.4 is 4.74 Å². The van der Waals surface area contributed by atoms with Crippen molar-refractivity contribution in [2.45, 2.75) is 6.42 Å². The molecule has 0 aliphatic carbocycles. The average molecular weight is 270 g/mol. The van der Waals surface area contributed by atoms with Crippen LogP contribution in [0.2, 0.25) is 0 Å². The fraction of sp³-hybridized carbons (Fsp3) is 0.143. The SMILES string of the molecule is O=C(c1ccccn1)c1cc([N+](=O)[O-])cc2c1OCC2. The van der Waals surface area contributed by atoms with E-state index in [4.69, 9.17) is 4.74 Å². The second kappa shape index (κ2) is 4.73. The maximum atomic E-state index is 12.4. The highest BCUT2D eigenvalue weighted by atomic mass is 16.6. The van der Waals surface area contributed by atoms with E-state index in [0.29, 0.717) is 24.3 Å². The van der Waals surface area contributed by atoms with Crippen LogP contribution in [0.3, 0.4) is 0 Å². The zero-order chi connectivity index (χ0) is 14.1. The van der Waals surface area contributed by atoms with Crippen LogP contribution in [-0.4, -0.2) is 22.3 Å². The lowest BCUT2D eigenvalue weighted by Crippen LogP contribution is -2.06. The van der Waals surface area contributed by atoms with Crippen molar-refractivity contribution >= 4 is 11.5 Å². The lowest BCUT2D eigenvalue weighted by molar-refractivity contribution is -0.384. The molecule has 0 radical (unpaired) electrons. The Labute approximate surface area is 114 Å². The lowest BCUT2D eigenvalue weighted by atomic mass is 10.0. The van der Waals surface area contributed by atoms with Crippen LogP contribution in [0.25, 0.3) is 0 Å². The molecule has 1 aliphatic heterocycles. The maximum Gasteiger partial charge on any atom is 0.270 e. The van der Waals surface area contributed by atoms with Gasteiger partial charge in [-0.2, -0.15) is 0 Å². The number of carbonyl (C=O) groups excluding carboxylic acids is 1. The van der Waals surface area contributed by atoms with Crippen molar-refractivity contribution in [1.82, 2.24) is 4.98 Å². The Hall–Kier alpha value is -2.76. The third-order valence-corrected chi connectivity index (χ3v) is 3.12. The molecule has 1 aromatic heterocycles. The Morgan fingerprint density at radius 3 is 2.90 bits per heavy atom. The molecule has 100 valence electrons. The summed E-state index contributed by atoms with van der Waals surface area (Å²) in [4.78, 5) is 26.8. The molecule has 3 rings (SSSR count). The second-order valence-electron chi connectivity index (χ2n) is 4.38. The summed E-state index contributed by atoms with van der Waals surface area (Å²) in [6.45, 7) is 0.430. The maximum absolute atomic E-state index is 12.4. The van der Waals surface area contributed by atoms with Crippen LogP contribution >= 0.6 is 0 Å². The number of nitrogens with zero attached hydrogens (tertiary/aromatic N) is 2. The minimum atomic E-state index is -0.506. The first-order valence-corrected chi connectivity index (χ1v) is 6.06. The average Bonchev–Trinajstić information content (AvgIpc) is 2.94. The summed E-state index contributed by atoms with van der Waals surface area (Å²) >= 11 is 0. The minimum Gasteiger partial charge on any atom is -0.492 e. The molecule has 0 saturated heterocycles. The molecule has 6 heteroatoms. The molecule has 20 heavy (non-hydrogen) atoms. The summed E-state index contributed by atoms with van der Waals surface area (Å²) in [7, 11) is 0. The number of pyridine rings is 1. The number of hydrogen-bond acceptors (Lipinski definition) is 5. The first-order valence-electron chi connectivity index (χ1n) is 6.06. The van der Waals surface area contributed by atoms with E-state index in [1.54, 1.807) is 18.2 Å². The van der Waals surface area contributed by atoms with Gasteiger partial charge in [-0.15, -0.1) is 0 Å². The van der Waals surface area contributed by atoms with Crippen molar-refractivity contribution < 1.29 is 14.5 Å². The molecule has 2 heterocycles. The number of benzene rings is 1. The standard InChI is InChI=1S/C14H10N2O4/c17-13(12-3-1-2-5-15-12)11-8-10(16(18)19)7-9-4-6-20-14(9)11/h1-3,5,7-8H,4,6H2. The number of aromatic nitrogens is 1. The number of hydrogen-bond donors (Lipinski definition) is 0. The number of ketones is 1. The molecule has 0 N–H and O–H groups in total. The first-order chi connectivity index (χ1) is 9.66. The Kier molecular flexibility index (Phi) is 2.90. The molecule has 0 atom stereocenters. The van der Waals surface area contributed by atoms with Gasteiger partial charge in [0.25, 0.3) is 5.69 Å². The molecule has 1 aliphatic rings. The first kappa shape index (κ1) is 12.3. The highest BCUT2D eigenvalue weighted by molar-refractivity contribution is 6.10. The number of ether oxygens (including phenoxy) is 1. The van der Waals surface area contributed by atoms with Gasteiger partial charge in [0, 0.05) is 30.3 Å². The normalized spacial score (nSPS) is 12.6. The van der Waals surface area contributed by atoms with Gasteiger partial charge in [-0.25, -0.2) is 0 Å². The van der Waals surface area contributed by atoms with Crippen LogP contribution in [0.15, 0.2) is 36.5 Å². The van der Waals surface area contributed by atoms with Crippen molar-refractivity contribution in [2.75, 3.05) is 6.61 Å². The molecule has 0 amide bonds. The number of fused-ring (bicyclic) bond motifs is 1. The van der Waals surface area contributed by atoms with Gasteiger partial charge in [0.2, 0.25) is 5.78 Å². The minimum absolute atomic E-state index is 0.103. The molecule has 0 saturated carbocycles. The number of rotatable bonds is 3. The van der Waals surface area contributed by atoms with Crippen molar-refractivity contribution in [3.05, 3.63) is 63.5 Å². The monoisotopic (exact) mass is 270 g/mol. The molecular formula is C14H10N2O4. The van der Waals surface area contributed by atoms with Gasteiger partial charge in [0.05, 0.1) is 17.1 Å². The number of nitro groups is 1. The Morgan fingerprint density at radius 2 is 2.20 bits per heavy atom. The van der Waals surface area contributed by atoms with Gasteiger partial charge in [-0.3, -0.25) is 19.9 Å². The topological polar surface area (TPSA) is 82.3 Å². The highest BCUT2D eigenvalue weighted by Gasteiger charge is 2.26. The van der Waals surface area contributed by atoms with E-state index in [9.17, 15) is 14.9 Å². The quantitative estimate of drug-likeness (QED) is 0.485. The van der Waals surface area contributed by atoms with Crippen molar-refractivity contribution in [3.63, 3.8) is 0 Å². The zero-order valence-corrected chi connectivity index (χ0v) is 10.4. The number of carbonyl (C=O) groups is 1. The molecule has 0 unspecified atom stereocenters. The number of nitro benzene ring substituents is 1.